The molecule has 1 aliphatic carbocycles. The van der Waals surface area contributed by atoms with Crippen LogP contribution in [0.4, 0.5) is 4.39 Å². The number of aryl methyl sites for hydroxylation is 1. The molecule has 0 spiro atoms. The molecule has 0 saturated carbocycles. The number of alkyl halides is 1. The maximum absolute atomic E-state index is 12.7. The van der Waals surface area contributed by atoms with Crippen LogP contribution in [0.5, 0.6) is 0 Å². The van der Waals surface area contributed by atoms with Crippen LogP contribution in [-0.4, -0.2) is 11.7 Å². The molecule has 0 aliphatic heterocycles. The molecule has 1 nitrogen and oxygen atoms in total. The highest BCUT2D eigenvalue weighted by atomic mass is 32.1. The summed E-state index contributed by atoms with van der Waals surface area (Å²) < 4.78 is 12.7. The average molecular weight is 291 g/mol. The van der Waals surface area contributed by atoms with E-state index in [0.29, 0.717) is 0 Å². The van der Waals surface area contributed by atoms with Gasteiger partial charge in [-0.05, 0) is 30.5 Å². The van der Waals surface area contributed by atoms with Crippen molar-refractivity contribution >= 4 is 26.7 Å². The van der Waals surface area contributed by atoms with Gasteiger partial charge < -0.3 is 0 Å². The number of hydrogen-bond acceptors (Lipinski definition) is 2. The number of halogens is 1. The molecule has 1 aliphatic rings. The maximum atomic E-state index is 12.7. The fourth-order valence-corrected chi connectivity index (χ4v) is 3.46. The molecule has 2 aromatic rings. The predicted molar refractivity (Wildman–Crippen MR) is 83.3 cm³/mol. The van der Waals surface area contributed by atoms with Gasteiger partial charge in [-0.3, -0.25) is 4.39 Å². The molecule has 2 atom stereocenters. The third-order valence-electron chi connectivity index (χ3n) is 3.27. The van der Waals surface area contributed by atoms with E-state index >= 15 is 0 Å². The predicted octanol–water partition coefficient (Wildman–Crippen LogP) is 4.66. The van der Waals surface area contributed by atoms with Crippen LogP contribution in [0.2, 0.25) is 0 Å². The van der Waals surface area contributed by atoms with Crippen LogP contribution in [0.1, 0.15) is 28.2 Å². The highest BCUT2D eigenvalue weighted by molar-refractivity contribution is 7.17. The van der Waals surface area contributed by atoms with Crippen molar-refractivity contribution in [2.75, 3.05) is 6.67 Å². The zero-order valence-electron chi connectivity index (χ0n) is 10.5. The maximum Gasteiger partial charge on any atom is 0.124 e. The van der Waals surface area contributed by atoms with E-state index < -0.39 is 0 Å². The molecule has 0 saturated heterocycles. The van der Waals surface area contributed by atoms with Crippen molar-refractivity contribution in [1.29, 1.82) is 0 Å². The molecular weight excluding hydrogens is 276 g/mol. The molecule has 0 radical (unpaired) electrons. The van der Waals surface area contributed by atoms with Gasteiger partial charge in [-0.1, -0.05) is 24.3 Å². The molecule has 0 fully saturated rings. The summed E-state index contributed by atoms with van der Waals surface area (Å²) in [7, 11) is 2.55. The van der Waals surface area contributed by atoms with Crippen LogP contribution in [-0.2, 0) is 6.42 Å². The number of benzene rings is 1. The van der Waals surface area contributed by atoms with E-state index in [-0.39, 0.29) is 12.3 Å². The van der Waals surface area contributed by atoms with Gasteiger partial charge >= 0.3 is 0 Å². The number of allylic oxidation sites excluding steroid dienone is 1. The van der Waals surface area contributed by atoms with Gasteiger partial charge in [0.1, 0.15) is 5.01 Å². The van der Waals surface area contributed by atoms with Gasteiger partial charge in [-0.25, -0.2) is 4.98 Å². The highest BCUT2D eigenvalue weighted by Crippen LogP contribution is 2.34. The Balaban J connectivity index is 1.98. The van der Waals surface area contributed by atoms with Crippen LogP contribution in [0, 0.1) is 0 Å². The van der Waals surface area contributed by atoms with Crippen LogP contribution in [0.3, 0.4) is 0 Å². The lowest BCUT2D eigenvalue weighted by molar-refractivity contribution is 0.489. The Labute approximate surface area is 118 Å². The lowest BCUT2D eigenvalue weighted by Gasteiger charge is -2.07. The minimum absolute atomic E-state index is 0.130. The van der Waals surface area contributed by atoms with Crippen molar-refractivity contribution in [2.45, 2.75) is 18.5 Å². The summed E-state index contributed by atoms with van der Waals surface area (Å²) in [4.78, 5) is 6.04. The topological polar surface area (TPSA) is 12.9 Å². The van der Waals surface area contributed by atoms with Gasteiger partial charge in [0.15, 0.2) is 0 Å². The Bertz CT molecular complexity index is 620. The fraction of sp³-hybridized carbons (Fsp3) is 0.267. The Morgan fingerprint density at radius 2 is 2.32 bits per heavy atom. The Kier molecular flexibility index (Phi) is 3.76. The molecular formula is C15H15FNPS. The van der Waals surface area contributed by atoms with Crippen LogP contribution in [0.25, 0.3) is 16.6 Å². The monoisotopic (exact) mass is 291 g/mol. The van der Waals surface area contributed by atoms with E-state index in [4.69, 9.17) is 0 Å². The Morgan fingerprint density at radius 1 is 1.42 bits per heavy atom. The fourth-order valence-electron chi connectivity index (χ4n) is 2.20. The van der Waals surface area contributed by atoms with Crippen molar-refractivity contribution in [3.8, 4) is 10.6 Å². The lowest BCUT2D eigenvalue weighted by Crippen LogP contribution is -1.91. The van der Waals surface area contributed by atoms with Crippen LogP contribution in [0.15, 0.2) is 30.3 Å². The largest absolute Gasteiger partial charge is 0.250 e. The molecule has 1 heterocycles. The molecule has 0 bridgehead atoms. The molecule has 1 aromatic heterocycles. The molecule has 1 aromatic carbocycles. The van der Waals surface area contributed by atoms with Gasteiger partial charge in [-0.15, -0.1) is 20.6 Å². The zero-order chi connectivity index (χ0) is 13.2. The summed E-state index contributed by atoms with van der Waals surface area (Å²) in [6.07, 6.45) is 6.46. The van der Waals surface area contributed by atoms with Crippen molar-refractivity contribution in [3.05, 3.63) is 46.5 Å². The smallest absolute Gasteiger partial charge is 0.124 e. The number of aromatic nitrogens is 1. The molecule has 98 valence electrons. The lowest BCUT2D eigenvalue weighted by atomic mass is 10.1. The van der Waals surface area contributed by atoms with E-state index in [1.807, 2.05) is 24.3 Å². The van der Waals surface area contributed by atoms with E-state index in [1.165, 1.54) is 4.88 Å². The number of nitrogens with zero attached hydrogens (tertiary/aromatic N) is 1. The van der Waals surface area contributed by atoms with Crippen molar-refractivity contribution in [1.82, 2.24) is 4.98 Å². The molecule has 4 heteroatoms. The summed E-state index contributed by atoms with van der Waals surface area (Å²) in [5.41, 5.74) is 3.07. The summed E-state index contributed by atoms with van der Waals surface area (Å²) in [6.45, 7) is -0.356. The van der Waals surface area contributed by atoms with E-state index in [9.17, 15) is 4.39 Å². The average Bonchev–Trinajstić information content (AvgIpc) is 2.90. The summed E-state index contributed by atoms with van der Waals surface area (Å²) in [5.74, 6) is 0. The summed E-state index contributed by atoms with van der Waals surface area (Å²) >= 11 is 1.75. The second-order valence-corrected chi connectivity index (χ2v) is 6.54. The van der Waals surface area contributed by atoms with E-state index in [2.05, 4.69) is 26.4 Å². The first-order valence-corrected chi connectivity index (χ1v) is 7.84. The van der Waals surface area contributed by atoms with Crippen molar-refractivity contribution in [2.24, 2.45) is 0 Å². The third-order valence-corrected chi connectivity index (χ3v) is 5.01. The Hall–Kier alpha value is -1.05. The van der Waals surface area contributed by atoms with Gasteiger partial charge in [-0.2, -0.15) is 0 Å². The molecule has 0 N–H and O–H groups in total. The first kappa shape index (κ1) is 13.0. The van der Waals surface area contributed by atoms with Gasteiger partial charge in [0.25, 0.3) is 0 Å². The summed E-state index contributed by atoms with van der Waals surface area (Å²) in [5, 5.41) is 1.04. The number of rotatable bonds is 3. The number of thiazole rings is 1. The quantitative estimate of drug-likeness (QED) is 0.750. The minimum Gasteiger partial charge on any atom is -0.250 e. The van der Waals surface area contributed by atoms with E-state index in [1.54, 1.807) is 11.3 Å². The molecule has 2 unspecified atom stereocenters. The normalized spacial score (nSPS) is 15.3. The first-order valence-electron chi connectivity index (χ1n) is 6.36. The summed E-state index contributed by atoms with van der Waals surface area (Å²) in [6, 6.07) is 8.04. The van der Waals surface area contributed by atoms with Crippen LogP contribution < -0.4 is 0 Å². The van der Waals surface area contributed by atoms with Crippen LogP contribution >= 0.6 is 20.6 Å². The molecule has 3 rings (SSSR count). The highest BCUT2D eigenvalue weighted by Gasteiger charge is 2.14. The van der Waals surface area contributed by atoms with Crippen molar-refractivity contribution in [3.63, 3.8) is 0 Å². The van der Waals surface area contributed by atoms with Crippen molar-refractivity contribution < 1.29 is 4.39 Å². The number of hydrogen-bond donors (Lipinski definition) is 0. The second-order valence-electron chi connectivity index (χ2n) is 4.65. The molecule has 19 heavy (non-hydrogen) atoms. The van der Waals surface area contributed by atoms with E-state index in [0.717, 1.165) is 34.7 Å². The first-order chi connectivity index (χ1) is 9.28. The van der Waals surface area contributed by atoms with Gasteiger partial charge in [0.05, 0.1) is 12.4 Å². The molecule has 0 amide bonds. The second kappa shape index (κ2) is 5.52. The van der Waals surface area contributed by atoms with Gasteiger partial charge in [0, 0.05) is 16.1 Å². The Morgan fingerprint density at radius 3 is 3.11 bits per heavy atom. The third kappa shape index (κ3) is 2.63. The SMILES string of the molecule is FCC(P)c1cccc(-c2nc3c(s2)CCC=C3)c1. The number of fused-ring (bicyclic) bond motifs is 1. The standard InChI is InChI=1S/C15H15FNPS/c16-9-13(18)10-4-3-5-11(8-10)15-17-12-6-1-2-7-14(12)19-15/h1,3-6,8,13H,2,7,9,18H2. The van der Waals surface area contributed by atoms with Gasteiger partial charge in [0.2, 0.25) is 0 Å². The minimum atomic E-state index is -0.356. The zero-order valence-corrected chi connectivity index (χ0v) is 12.4.